The van der Waals surface area contributed by atoms with E-state index in [0.29, 0.717) is 28.9 Å². The van der Waals surface area contributed by atoms with Crippen molar-refractivity contribution in [3.8, 4) is 23.2 Å². The fourth-order valence-electron chi connectivity index (χ4n) is 1.55. The molecule has 3 heterocycles. The first-order valence-corrected chi connectivity index (χ1v) is 5.34. The average molecular weight is 242 g/mol. The Bertz CT molecular complexity index is 669. The van der Waals surface area contributed by atoms with Crippen LogP contribution >= 0.6 is 0 Å². The molecule has 0 atom stereocenters. The molecule has 0 saturated carbocycles. The largest absolute Gasteiger partial charge is 0.461 e. The maximum Gasteiger partial charge on any atom is 0.276 e. The van der Waals surface area contributed by atoms with Crippen molar-refractivity contribution in [3.05, 3.63) is 36.2 Å². The molecule has 0 aliphatic rings. The van der Waals surface area contributed by atoms with Crippen LogP contribution in [-0.4, -0.2) is 15.1 Å². The minimum absolute atomic E-state index is 0.334. The van der Waals surface area contributed by atoms with Crippen molar-refractivity contribution >= 4 is 5.69 Å². The third-order valence-corrected chi connectivity index (χ3v) is 2.50. The number of rotatable bonds is 2. The van der Waals surface area contributed by atoms with Crippen molar-refractivity contribution in [3.63, 3.8) is 0 Å². The molecule has 0 bridgehead atoms. The lowest BCUT2D eigenvalue weighted by Crippen LogP contribution is -1.88. The van der Waals surface area contributed by atoms with Crippen LogP contribution in [0.2, 0.25) is 0 Å². The number of aromatic nitrogens is 3. The Balaban J connectivity index is 1.99. The van der Waals surface area contributed by atoms with Gasteiger partial charge in [-0.05, 0) is 30.7 Å². The molecular formula is C12H10N4O2. The van der Waals surface area contributed by atoms with Crippen LogP contribution in [0.3, 0.4) is 0 Å². The molecule has 18 heavy (non-hydrogen) atoms. The lowest BCUT2D eigenvalue weighted by molar-refractivity contribution is 0.428. The number of aryl methyl sites for hydroxylation is 1. The predicted octanol–water partition coefficient (Wildman–Crippen LogP) is 2.28. The van der Waals surface area contributed by atoms with Crippen LogP contribution in [0.4, 0.5) is 5.69 Å². The topological polar surface area (TPSA) is 91.0 Å². The maximum atomic E-state index is 5.56. The van der Waals surface area contributed by atoms with Crippen LogP contribution in [0.5, 0.6) is 0 Å². The maximum absolute atomic E-state index is 5.56. The van der Waals surface area contributed by atoms with E-state index in [2.05, 4.69) is 15.1 Å². The molecule has 3 aromatic rings. The molecule has 0 saturated heterocycles. The molecule has 3 aromatic heterocycles. The lowest BCUT2D eigenvalue weighted by Gasteiger charge is -1.93. The Morgan fingerprint density at radius 3 is 2.78 bits per heavy atom. The SMILES string of the molecule is Cc1ccoc1-c1noc(-c2ccc(N)cn2)n1. The van der Waals surface area contributed by atoms with Crippen molar-refractivity contribution in [1.82, 2.24) is 15.1 Å². The van der Waals surface area contributed by atoms with E-state index in [4.69, 9.17) is 14.7 Å². The quantitative estimate of drug-likeness (QED) is 0.741. The summed E-state index contributed by atoms with van der Waals surface area (Å²) in [5.74, 6) is 1.34. The van der Waals surface area contributed by atoms with Crippen LogP contribution in [0.1, 0.15) is 5.56 Å². The van der Waals surface area contributed by atoms with Crippen molar-refractivity contribution in [1.29, 1.82) is 0 Å². The van der Waals surface area contributed by atoms with Gasteiger partial charge in [0.15, 0.2) is 5.76 Å². The molecule has 6 nitrogen and oxygen atoms in total. The zero-order chi connectivity index (χ0) is 12.5. The first-order chi connectivity index (χ1) is 8.74. The fraction of sp³-hybridized carbons (Fsp3) is 0.0833. The van der Waals surface area contributed by atoms with Crippen LogP contribution in [0, 0.1) is 6.92 Å². The van der Waals surface area contributed by atoms with E-state index in [-0.39, 0.29) is 0 Å². The second-order valence-electron chi connectivity index (χ2n) is 3.83. The molecule has 0 aromatic carbocycles. The molecule has 0 spiro atoms. The summed E-state index contributed by atoms with van der Waals surface area (Å²) < 4.78 is 10.4. The van der Waals surface area contributed by atoms with Gasteiger partial charge in [0, 0.05) is 0 Å². The Morgan fingerprint density at radius 1 is 1.22 bits per heavy atom. The van der Waals surface area contributed by atoms with Crippen LogP contribution in [-0.2, 0) is 0 Å². The molecule has 2 N–H and O–H groups in total. The van der Waals surface area contributed by atoms with Crippen LogP contribution < -0.4 is 5.73 Å². The monoisotopic (exact) mass is 242 g/mol. The average Bonchev–Trinajstić information content (AvgIpc) is 2.98. The minimum Gasteiger partial charge on any atom is -0.461 e. The van der Waals surface area contributed by atoms with Crippen molar-refractivity contribution in [2.24, 2.45) is 0 Å². The summed E-state index contributed by atoms with van der Waals surface area (Å²) in [6.07, 6.45) is 3.12. The normalized spacial score (nSPS) is 10.7. The molecule has 0 fully saturated rings. The molecule has 0 unspecified atom stereocenters. The first kappa shape index (κ1) is 10.5. The number of anilines is 1. The van der Waals surface area contributed by atoms with Gasteiger partial charge in [-0.15, -0.1) is 0 Å². The number of nitrogens with zero attached hydrogens (tertiary/aromatic N) is 3. The second-order valence-corrected chi connectivity index (χ2v) is 3.83. The molecule has 6 heteroatoms. The third-order valence-electron chi connectivity index (χ3n) is 2.50. The highest BCUT2D eigenvalue weighted by Crippen LogP contribution is 2.24. The van der Waals surface area contributed by atoms with Crippen LogP contribution in [0.15, 0.2) is 39.6 Å². The van der Waals surface area contributed by atoms with E-state index in [1.165, 1.54) is 6.20 Å². The number of furan rings is 1. The molecule has 0 aliphatic heterocycles. The number of nitrogen functional groups attached to an aromatic ring is 1. The minimum atomic E-state index is 0.334. The third kappa shape index (κ3) is 1.73. The molecule has 90 valence electrons. The van der Waals surface area contributed by atoms with Gasteiger partial charge in [-0.2, -0.15) is 4.98 Å². The molecular weight excluding hydrogens is 232 g/mol. The van der Waals surface area contributed by atoms with E-state index in [9.17, 15) is 0 Å². The fourth-order valence-corrected chi connectivity index (χ4v) is 1.55. The Kier molecular flexibility index (Phi) is 2.33. The first-order valence-electron chi connectivity index (χ1n) is 5.34. The number of hydrogen-bond donors (Lipinski definition) is 1. The van der Waals surface area contributed by atoms with Gasteiger partial charge in [-0.25, -0.2) is 4.98 Å². The van der Waals surface area contributed by atoms with Gasteiger partial charge >= 0.3 is 0 Å². The van der Waals surface area contributed by atoms with Gasteiger partial charge in [0.05, 0.1) is 18.1 Å². The van der Waals surface area contributed by atoms with E-state index >= 15 is 0 Å². The number of pyridine rings is 1. The van der Waals surface area contributed by atoms with Gasteiger partial charge < -0.3 is 14.7 Å². The highest BCUT2D eigenvalue weighted by atomic mass is 16.5. The summed E-state index contributed by atoms with van der Waals surface area (Å²) in [5, 5.41) is 3.87. The predicted molar refractivity (Wildman–Crippen MR) is 64.4 cm³/mol. The van der Waals surface area contributed by atoms with E-state index < -0.39 is 0 Å². The van der Waals surface area contributed by atoms with E-state index in [0.717, 1.165) is 5.56 Å². The van der Waals surface area contributed by atoms with E-state index in [1.54, 1.807) is 18.4 Å². The van der Waals surface area contributed by atoms with Gasteiger partial charge in [-0.3, -0.25) is 0 Å². The lowest BCUT2D eigenvalue weighted by atomic mass is 10.3. The highest BCUT2D eigenvalue weighted by molar-refractivity contribution is 5.56. The summed E-state index contributed by atoms with van der Waals surface area (Å²) in [6.45, 7) is 1.91. The number of hydrogen-bond acceptors (Lipinski definition) is 6. The van der Waals surface area contributed by atoms with E-state index in [1.807, 2.05) is 13.0 Å². The smallest absolute Gasteiger partial charge is 0.276 e. The summed E-state index contributed by atoms with van der Waals surface area (Å²) in [5.41, 5.74) is 7.67. The molecule has 0 aliphatic carbocycles. The van der Waals surface area contributed by atoms with Gasteiger partial charge in [-0.1, -0.05) is 5.16 Å². The van der Waals surface area contributed by atoms with Crippen molar-refractivity contribution < 1.29 is 8.94 Å². The number of nitrogens with two attached hydrogens (primary N) is 1. The zero-order valence-corrected chi connectivity index (χ0v) is 9.62. The van der Waals surface area contributed by atoms with Crippen molar-refractivity contribution in [2.75, 3.05) is 5.73 Å². The molecule has 0 amide bonds. The molecule has 0 radical (unpaired) electrons. The van der Waals surface area contributed by atoms with Gasteiger partial charge in [0.1, 0.15) is 5.69 Å². The van der Waals surface area contributed by atoms with Crippen LogP contribution in [0.25, 0.3) is 23.2 Å². The van der Waals surface area contributed by atoms with Crippen molar-refractivity contribution in [2.45, 2.75) is 6.92 Å². The summed E-state index contributed by atoms with van der Waals surface area (Å²) in [7, 11) is 0. The van der Waals surface area contributed by atoms with Gasteiger partial charge in [0.2, 0.25) is 5.82 Å². The highest BCUT2D eigenvalue weighted by Gasteiger charge is 2.15. The standard InChI is InChI=1S/C12H10N4O2/c1-7-4-5-17-10(7)11-15-12(18-16-11)9-3-2-8(13)6-14-9/h2-6H,13H2,1H3. The summed E-state index contributed by atoms with van der Waals surface area (Å²) in [6, 6.07) is 5.29. The molecule has 3 rings (SSSR count). The second kappa shape index (κ2) is 3.99. The summed E-state index contributed by atoms with van der Waals surface area (Å²) >= 11 is 0. The van der Waals surface area contributed by atoms with Gasteiger partial charge in [0.25, 0.3) is 5.89 Å². The Labute approximate surface area is 102 Å². The Hall–Kier alpha value is -2.63. The zero-order valence-electron chi connectivity index (χ0n) is 9.62. The summed E-state index contributed by atoms with van der Waals surface area (Å²) in [4.78, 5) is 8.35. The Morgan fingerprint density at radius 2 is 2.11 bits per heavy atom.